The van der Waals surface area contributed by atoms with Gasteiger partial charge in [0.1, 0.15) is 5.82 Å². The molecule has 2 heterocycles. The average Bonchev–Trinajstić information content (AvgIpc) is 2.47. The lowest BCUT2D eigenvalue weighted by atomic mass is 10.0. The lowest BCUT2D eigenvalue weighted by molar-refractivity contribution is -0.114. The topological polar surface area (TPSA) is 80.9 Å². The van der Waals surface area contributed by atoms with Gasteiger partial charge in [-0.25, -0.2) is 9.97 Å². The Balaban J connectivity index is 0.00000147. The number of amides is 1. The number of nitrogens with two attached hydrogens (primary N) is 1. The second kappa shape index (κ2) is 5.71. The summed E-state index contributed by atoms with van der Waals surface area (Å²) >= 11 is 0. The first-order chi connectivity index (χ1) is 9.24. The molecule has 0 aliphatic carbocycles. The Labute approximate surface area is 122 Å². The normalized spacial score (nSPS) is 12.5. The average molecular weight is 289 g/mol. The van der Waals surface area contributed by atoms with Crippen molar-refractivity contribution in [1.82, 2.24) is 9.97 Å². The fourth-order valence-corrected chi connectivity index (χ4v) is 1.96. The predicted molar refractivity (Wildman–Crippen MR) is 79.3 cm³/mol. The van der Waals surface area contributed by atoms with Crippen LogP contribution >= 0.6 is 12.4 Å². The van der Waals surface area contributed by atoms with E-state index in [0.29, 0.717) is 17.8 Å². The highest BCUT2D eigenvalue weighted by atomic mass is 35.5. The van der Waals surface area contributed by atoms with Gasteiger partial charge in [-0.15, -0.1) is 12.4 Å². The van der Waals surface area contributed by atoms with Crippen molar-refractivity contribution in [3.05, 3.63) is 53.9 Å². The molecule has 1 amide bonds. The SMILES string of the molecule is Cl.NC(=O)C1=CNc2nc(-c3ccccc3)ncc2C1. The van der Waals surface area contributed by atoms with Crippen LogP contribution in [0.25, 0.3) is 11.4 Å². The summed E-state index contributed by atoms with van der Waals surface area (Å²) in [6.07, 6.45) is 3.80. The van der Waals surface area contributed by atoms with Crippen LogP contribution in [-0.4, -0.2) is 15.9 Å². The Kier molecular flexibility index (Phi) is 4.00. The molecule has 0 fully saturated rings. The Morgan fingerprint density at radius 1 is 1.25 bits per heavy atom. The van der Waals surface area contributed by atoms with Gasteiger partial charge >= 0.3 is 0 Å². The van der Waals surface area contributed by atoms with Gasteiger partial charge in [-0.3, -0.25) is 4.79 Å². The molecule has 1 aliphatic rings. The van der Waals surface area contributed by atoms with Crippen molar-refractivity contribution >= 4 is 24.1 Å². The molecule has 0 saturated carbocycles. The smallest absolute Gasteiger partial charge is 0.246 e. The van der Waals surface area contributed by atoms with E-state index in [1.165, 1.54) is 0 Å². The minimum atomic E-state index is -0.426. The second-order valence-electron chi connectivity index (χ2n) is 4.29. The van der Waals surface area contributed by atoms with Crippen LogP contribution in [-0.2, 0) is 11.2 Å². The number of hydrogen-bond acceptors (Lipinski definition) is 4. The molecule has 3 N–H and O–H groups in total. The number of benzene rings is 1. The van der Waals surface area contributed by atoms with Gasteiger partial charge in [-0.05, 0) is 0 Å². The molecule has 20 heavy (non-hydrogen) atoms. The third-order valence-corrected chi connectivity index (χ3v) is 2.98. The summed E-state index contributed by atoms with van der Waals surface area (Å²) in [6.45, 7) is 0. The maximum atomic E-state index is 11.1. The number of aromatic nitrogens is 2. The van der Waals surface area contributed by atoms with Crippen LogP contribution in [0.1, 0.15) is 5.56 Å². The van der Waals surface area contributed by atoms with Crippen molar-refractivity contribution in [3.8, 4) is 11.4 Å². The Bertz CT molecular complexity index is 670. The largest absolute Gasteiger partial charge is 0.366 e. The number of carbonyl (C=O) groups is 1. The van der Waals surface area contributed by atoms with E-state index < -0.39 is 5.91 Å². The lowest BCUT2D eigenvalue weighted by Gasteiger charge is -2.15. The number of nitrogens with zero attached hydrogens (tertiary/aromatic N) is 2. The van der Waals surface area contributed by atoms with Gasteiger partial charge in [0.2, 0.25) is 5.91 Å². The fourth-order valence-electron chi connectivity index (χ4n) is 1.96. The zero-order valence-electron chi connectivity index (χ0n) is 10.5. The van der Waals surface area contributed by atoms with Crippen molar-refractivity contribution in [2.24, 2.45) is 5.73 Å². The minimum absolute atomic E-state index is 0. The maximum Gasteiger partial charge on any atom is 0.246 e. The van der Waals surface area contributed by atoms with Gasteiger partial charge in [0.25, 0.3) is 0 Å². The monoisotopic (exact) mass is 288 g/mol. The van der Waals surface area contributed by atoms with E-state index in [9.17, 15) is 4.79 Å². The molecule has 1 aromatic carbocycles. The highest BCUT2D eigenvalue weighted by Crippen LogP contribution is 2.24. The predicted octanol–water partition coefficient (Wildman–Crippen LogP) is 1.90. The van der Waals surface area contributed by atoms with Crippen molar-refractivity contribution in [3.63, 3.8) is 0 Å². The van der Waals surface area contributed by atoms with Gasteiger partial charge in [-0.1, -0.05) is 30.3 Å². The molecule has 0 bridgehead atoms. The van der Waals surface area contributed by atoms with E-state index in [4.69, 9.17) is 5.73 Å². The Hall–Kier alpha value is -2.40. The summed E-state index contributed by atoms with van der Waals surface area (Å²) in [6, 6.07) is 9.74. The highest BCUT2D eigenvalue weighted by molar-refractivity contribution is 5.93. The van der Waals surface area contributed by atoms with E-state index in [1.807, 2.05) is 30.3 Å². The third-order valence-electron chi connectivity index (χ3n) is 2.98. The van der Waals surface area contributed by atoms with Gasteiger partial charge in [-0.2, -0.15) is 0 Å². The summed E-state index contributed by atoms with van der Waals surface area (Å²) in [7, 11) is 0. The van der Waals surface area contributed by atoms with Crippen molar-refractivity contribution < 1.29 is 4.79 Å². The van der Waals surface area contributed by atoms with Crippen molar-refractivity contribution in [2.75, 3.05) is 5.32 Å². The number of fused-ring (bicyclic) bond motifs is 1. The van der Waals surface area contributed by atoms with Gasteiger partial charge in [0.05, 0.1) is 0 Å². The summed E-state index contributed by atoms with van der Waals surface area (Å²) in [5, 5.41) is 2.99. The molecule has 6 heteroatoms. The minimum Gasteiger partial charge on any atom is -0.366 e. The number of hydrogen-bond donors (Lipinski definition) is 2. The van der Waals surface area contributed by atoms with Gasteiger partial charge < -0.3 is 11.1 Å². The molecule has 0 atom stereocenters. The molecule has 5 nitrogen and oxygen atoms in total. The molecule has 1 aromatic heterocycles. The molecule has 3 rings (SSSR count). The molecule has 0 radical (unpaired) electrons. The quantitative estimate of drug-likeness (QED) is 0.884. The second-order valence-corrected chi connectivity index (χ2v) is 4.29. The Morgan fingerprint density at radius 3 is 2.70 bits per heavy atom. The lowest BCUT2D eigenvalue weighted by Crippen LogP contribution is -2.20. The molecule has 2 aromatic rings. The molecule has 0 spiro atoms. The fraction of sp³-hybridized carbons (Fsp3) is 0.0714. The van der Waals surface area contributed by atoms with Gasteiger partial charge in [0, 0.05) is 35.5 Å². The van der Waals surface area contributed by atoms with Crippen LogP contribution in [0, 0.1) is 0 Å². The molecule has 0 saturated heterocycles. The van der Waals surface area contributed by atoms with E-state index in [2.05, 4.69) is 15.3 Å². The number of carbonyl (C=O) groups excluding carboxylic acids is 1. The number of halogens is 1. The first-order valence-electron chi connectivity index (χ1n) is 5.91. The van der Waals surface area contributed by atoms with Crippen LogP contribution in [0.3, 0.4) is 0 Å². The van der Waals surface area contributed by atoms with Gasteiger partial charge in [0.15, 0.2) is 5.82 Å². The van der Waals surface area contributed by atoms with E-state index >= 15 is 0 Å². The zero-order chi connectivity index (χ0) is 13.2. The van der Waals surface area contributed by atoms with Crippen LogP contribution in [0.5, 0.6) is 0 Å². The summed E-state index contributed by atoms with van der Waals surface area (Å²) in [5.74, 6) is 0.951. The van der Waals surface area contributed by atoms with E-state index in [1.54, 1.807) is 12.4 Å². The molecule has 0 unspecified atom stereocenters. The van der Waals surface area contributed by atoms with Crippen LogP contribution < -0.4 is 11.1 Å². The first kappa shape index (κ1) is 14.0. The molecule has 1 aliphatic heterocycles. The van der Waals surface area contributed by atoms with E-state index in [0.717, 1.165) is 16.9 Å². The zero-order valence-corrected chi connectivity index (χ0v) is 11.4. The third kappa shape index (κ3) is 2.62. The number of anilines is 1. The van der Waals surface area contributed by atoms with Crippen LogP contribution in [0.4, 0.5) is 5.82 Å². The number of rotatable bonds is 2. The van der Waals surface area contributed by atoms with E-state index in [-0.39, 0.29) is 12.4 Å². The summed E-state index contributed by atoms with van der Waals surface area (Å²) in [4.78, 5) is 19.9. The van der Waals surface area contributed by atoms with Crippen molar-refractivity contribution in [2.45, 2.75) is 6.42 Å². The highest BCUT2D eigenvalue weighted by Gasteiger charge is 2.16. The Morgan fingerprint density at radius 2 is 2.00 bits per heavy atom. The van der Waals surface area contributed by atoms with Crippen molar-refractivity contribution in [1.29, 1.82) is 0 Å². The number of primary amides is 1. The maximum absolute atomic E-state index is 11.1. The molecular weight excluding hydrogens is 276 g/mol. The van der Waals surface area contributed by atoms with Crippen LogP contribution in [0.15, 0.2) is 48.3 Å². The molecular formula is C14H13ClN4O. The first-order valence-corrected chi connectivity index (χ1v) is 5.91. The standard InChI is InChI=1S/C14H12N4O.ClH/c15-12(19)10-6-11-8-17-13(18-14(11)16-7-10)9-4-2-1-3-5-9;/h1-5,7-8H,6H2,(H2,15,19)(H,16,17,18);1H. The summed E-state index contributed by atoms with van der Waals surface area (Å²) in [5.41, 5.74) is 7.61. The molecule has 102 valence electrons. The summed E-state index contributed by atoms with van der Waals surface area (Å²) < 4.78 is 0. The van der Waals surface area contributed by atoms with Crippen LogP contribution in [0.2, 0.25) is 0 Å². The number of nitrogens with one attached hydrogen (secondary N) is 1.